The van der Waals surface area contributed by atoms with Gasteiger partial charge in [0.2, 0.25) is 5.91 Å². The Balaban J connectivity index is 2.02. The van der Waals surface area contributed by atoms with Crippen molar-refractivity contribution in [2.75, 3.05) is 18.1 Å². The largest absolute Gasteiger partial charge is 0.481 e. The number of hydrogen-bond acceptors (Lipinski definition) is 4. The fraction of sp³-hybridized carbons (Fsp3) is 0.500. The van der Waals surface area contributed by atoms with E-state index in [-0.39, 0.29) is 29.9 Å². The molecule has 1 aliphatic heterocycles. The zero-order valence-corrected chi connectivity index (χ0v) is 13.8. The predicted octanol–water partition coefficient (Wildman–Crippen LogP) is 0.970. The smallest absolute Gasteiger partial charge is 0.315 e. The number of aliphatic carboxylic acids is 1. The van der Waals surface area contributed by atoms with Crippen LogP contribution < -0.4 is 5.32 Å². The summed E-state index contributed by atoms with van der Waals surface area (Å²) in [6.45, 7) is 1.53. The van der Waals surface area contributed by atoms with E-state index in [0.29, 0.717) is 18.4 Å². The summed E-state index contributed by atoms with van der Waals surface area (Å²) >= 11 is 0. The summed E-state index contributed by atoms with van der Waals surface area (Å²) in [6.07, 6.45) is 0.590. The van der Waals surface area contributed by atoms with E-state index in [2.05, 4.69) is 5.32 Å². The lowest BCUT2D eigenvalue weighted by molar-refractivity contribution is -0.143. The first kappa shape index (κ1) is 17.5. The second-order valence-corrected chi connectivity index (χ2v) is 8.45. The number of carbonyl (C=O) groups is 2. The van der Waals surface area contributed by atoms with Gasteiger partial charge in [0.05, 0.1) is 11.5 Å². The molecule has 6 nitrogen and oxygen atoms in total. The van der Waals surface area contributed by atoms with Crippen LogP contribution in [0.1, 0.15) is 25.3 Å². The van der Waals surface area contributed by atoms with Gasteiger partial charge in [0.1, 0.15) is 15.3 Å². The highest BCUT2D eigenvalue weighted by Crippen LogP contribution is 2.24. The molecule has 1 saturated heterocycles. The first-order valence-electron chi connectivity index (χ1n) is 7.52. The van der Waals surface area contributed by atoms with Crippen molar-refractivity contribution in [1.29, 1.82) is 0 Å². The van der Waals surface area contributed by atoms with Gasteiger partial charge in [-0.05, 0) is 25.3 Å². The van der Waals surface area contributed by atoms with Gasteiger partial charge in [-0.2, -0.15) is 0 Å². The zero-order valence-electron chi connectivity index (χ0n) is 13.0. The molecule has 0 aliphatic carbocycles. The molecule has 0 bridgehead atoms. The number of hydrogen-bond donors (Lipinski definition) is 2. The van der Waals surface area contributed by atoms with Crippen LogP contribution in [0.25, 0.3) is 0 Å². The van der Waals surface area contributed by atoms with Crippen molar-refractivity contribution in [1.82, 2.24) is 5.32 Å². The number of carbonyl (C=O) groups excluding carboxylic acids is 1. The van der Waals surface area contributed by atoms with Gasteiger partial charge >= 0.3 is 5.97 Å². The quantitative estimate of drug-likeness (QED) is 0.832. The van der Waals surface area contributed by atoms with Crippen molar-refractivity contribution in [2.45, 2.75) is 25.2 Å². The van der Waals surface area contributed by atoms with Gasteiger partial charge in [0.15, 0.2) is 0 Å². The average molecular weight is 339 g/mol. The van der Waals surface area contributed by atoms with Crippen LogP contribution in [0, 0.1) is 5.92 Å². The van der Waals surface area contributed by atoms with Crippen molar-refractivity contribution < 1.29 is 23.1 Å². The molecule has 1 atom stereocenters. The van der Waals surface area contributed by atoms with Crippen molar-refractivity contribution in [3.8, 4) is 0 Å². The first-order chi connectivity index (χ1) is 10.7. The van der Waals surface area contributed by atoms with Gasteiger partial charge in [-0.25, -0.2) is 8.42 Å². The van der Waals surface area contributed by atoms with Crippen molar-refractivity contribution >= 4 is 21.7 Å². The Morgan fingerprint density at radius 3 is 2.30 bits per heavy atom. The predicted molar refractivity (Wildman–Crippen MR) is 85.8 cm³/mol. The van der Waals surface area contributed by atoms with Crippen LogP contribution in [0.5, 0.6) is 0 Å². The van der Waals surface area contributed by atoms with Crippen LogP contribution in [0.2, 0.25) is 0 Å². The lowest BCUT2D eigenvalue weighted by atomic mass is 9.82. The van der Waals surface area contributed by atoms with Crippen LogP contribution in [-0.2, 0) is 24.8 Å². The summed E-state index contributed by atoms with van der Waals surface area (Å²) in [5.74, 6) is -1.63. The molecule has 2 N–H and O–H groups in total. The SMILES string of the molecule is CC(CNC(=O)C1CCS(=O)(=O)CC1)(C(=O)O)c1ccccc1. The molecule has 126 valence electrons. The molecule has 1 aliphatic rings. The Kier molecular flexibility index (Phi) is 5.09. The van der Waals surface area contributed by atoms with Gasteiger partial charge in [-0.1, -0.05) is 30.3 Å². The molecule has 1 unspecified atom stereocenters. The monoisotopic (exact) mass is 339 g/mol. The van der Waals surface area contributed by atoms with E-state index in [4.69, 9.17) is 0 Å². The lowest BCUT2D eigenvalue weighted by Crippen LogP contribution is -2.46. The number of carboxylic acid groups (broad SMARTS) is 1. The third-order valence-electron chi connectivity index (χ3n) is 4.42. The van der Waals surface area contributed by atoms with Crippen LogP contribution in [0.3, 0.4) is 0 Å². The molecular weight excluding hydrogens is 318 g/mol. The molecule has 0 aromatic heterocycles. The van der Waals surface area contributed by atoms with Gasteiger partial charge < -0.3 is 10.4 Å². The maximum Gasteiger partial charge on any atom is 0.315 e. The molecule has 1 aromatic carbocycles. The van der Waals surface area contributed by atoms with E-state index in [0.717, 1.165) is 0 Å². The van der Waals surface area contributed by atoms with Crippen LogP contribution >= 0.6 is 0 Å². The van der Waals surface area contributed by atoms with E-state index in [1.165, 1.54) is 0 Å². The Hall–Kier alpha value is -1.89. The molecule has 0 saturated carbocycles. The summed E-state index contributed by atoms with van der Waals surface area (Å²) in [4.78, 5) is 23.9. The van der Waals surface area contributed by atoms with E-state index in [9.17, 15) is 23.1 Å². The third kappa shape index (κ3) is 4.10. The van der Waals surface area contributed by atoms with Gasteiger partial charge in [0, 0.05) is 12.5 Å². The summed E-state index contributed by atoms with van der Waals surface area (Å²) in [7, 11) is -3.02. The second kappa shape index (κ2) is 6.70. The third-order valence-corrected chi connectivity index (χ3v) is 6.14. The second-order valence-electron chi connectivity index (χ2n) is 6.15. The lowest BCUT2D eigenvalue weighted by Gasteiger charge is -2.28. The van der Waals surface area contributed by atoms with E-state index >= 15 is 0 Å². The number of nitrogens with one attached hydrogen (secondary N) is 1. The van der Waals surface area contributed by atoms with Crippen LogP contribution in [0.4, 0.5) is 0 Å². The van der Waals surface area contributed by atoms with Gasteiger partial charge in [-0.3, -0.25) is 9.59 Å². The summed E-state index contributed by atoms with van der Waals surface area (Å²) < 4.78 is 22.8. The minimum absolute atomic E-state index is 0.0139. The molecule has 23 heavy (non-hydrogen) atoms. The normalized spacial score (nSPS) is 20.4. The minimum atomic E-state index is -3.02. The summed E-state index contributed by atoms with van der Waals surface area (Å²) in [5.41, 5.74) is -0.614. The number of benzene rings is 1. The average Bonchev–Trinajstić information content (AvgIpc) is 2.53. The molecule has 1 fully saturated rings. The van der Waals surface area contributed by atoms with Gasteiger partial charge in [0.25, 0.3) is 0 Å². The van der Waals surface area contributed by atoms with E-state index in [1.807, 2.05) is 0 Å². The maximum absolute atomic E-state index is 12.2. The standard InChI is InChI=1S/C16H21NO5S/c1-16(15(19)20,13-5-3-2-4-6-13)11-17-14(18)12-7-9-23(21,22)10-8-12/h2-6,12H,7-11H2,1H3,(H,17,18)(H,19,20). The Morgan fingerprint density at radius 1 is 1.22 bits per heavy atom. The molecule has 1 aromatic rings. The molecule has 0 radical (unpaired) electrons. The van der Waals surface area contributed by atoms with Crippen molar-refractivity contribution in [2.24, 2.45) is 5.92 Å². The van der Waals surface area contributed by atoms with Crippen molar-refractivity contribution in [3.05, 3.63) is 35.9 Å². The van der Waals surface area contributed by atoms with Crippen molar-refractivity contribution in [3.63, 3.8) is 0 Å². The fourth-order valence-electron chi connectivity index (χ4n) is 2.67. The zero-order chi connectivity index (χ0) is 17.1. The van der Waals surface area contributed by atoms with Crippen LogP contribution in [0.15, 0.2) is 30.3 Å². The highest BCUT2D eigenvalue weighted by Gasteiger charge is 2.36. The maximum atomic E-state index is 12.2. The minimum Gasteiger partial charge on any atom is -0.481 e. The Labute approximate surface area is 135 Å². The topological polar surface area (TPSA) is 101 Å². The number of rotatable bonds is 5. The summed E-state index contributed by atoms with van der Waals surface area (Å²) in [5, 5.41) is 12.2. The molecule has 1 heterocycles. The highest BCUT2D eigenvalue weighted by molar-refractivity contribution is 7.91. The number of sulfone groups is 1. The molecule has 2 rings (SSSR count). The number of amides is 1. The highest BCUT2D eigenvalue weighted by atomic mass is 32.2. The Morgan fingerprint density at radius 2 is 1.78 bits per heavy atom. The molecule has 0 spiro atoms. The molecule has 7 heteroatoms. The number of carboxylic acids is 1. The Bertz CT molecular complexity index is 672. The molecule has 1 amide bonds. The molecular formula is C16H21NO5S. The van der Waals surface area contributed by atoms with Crippen LogP contribution in [-0.4, -0.2) is 43.5 Å². The fourth-order valence-corrected chi connectivity index (χ4v) is 4.16. The van der Waals surface area contributed by atoms with E-state index in [1.54, 1.807) is 37.3 Å². The first-order valence-corrected chi connectivity index (χ1v) is 9.34. The summed E-state index contributed by atoms with van der Waals surface area (Å²) in [6, 6.07) is 8.74. The van der Waals surface area contributed by atoms with E-state index < -0.39 is 21.2 Å². The van der Waals surface area contributed by atoms with Gasteiger partial charge in [-0.15, -0.1) is 0 Å².